The first-order valence-electron chi connectivity index (χ1n) is 2.32. The highest BCUT2D eigenvalue weighted by Crippen LogP contribution is 1.95. The highest BCUT2D eigenvalue weighted by Gasteiger charge is 1.82. The minimum absolute atomic E-state index is 0.679. The first-order chi connectivity index (χ1) is 3.41. The fourth-order valence-corrected chi connectivity index (χ4v) is 0.764. The van der Waals surface area contributed by atoms with Crippen LogP contribution >= 0.6 is 11.8 Å². The number of hydrogen-bond acceptors (Lipinski definition) is 1. The van der Waals surface area contributed by atoms with Gasteiger partial charge in [-0.15, -0.1) is 0 Å². The molecule has 0 N–H and O–H groups in total. The van der Waals surface area contributed by atoms with Crippen molar-refractivity contribution in [1.29, 1.82) is 0 Å². The van der Waals surface area contributed by atoms with Gasteiger partial charge in [0.1, 0.15) is 0 Å². The molecule has 0 aliphatic carbocycles. The molecular formula is C5H9NS. The van der Waals surface area contributed by atoms with Gasteiger partial charge in [-0.2, -0.15) is 11.8 Å². The number of hydrogen-bond donors (Lipinski definition) is 0. The maximum absolute atomic E-state index is 6.39. The van der Waals surface area contributed by atoms with Gasteiger partial charge < -0.3 is 4.85 Å². The molecule has 0 saturated heterocycles. The molecule has 40 valence electrons. The fourth-order valence-electron chi connectivity index (χ4n) is 0.255. The zero-order valence-corrected chi connectivity index (χ0v) is 5.29. The minimum Gasteiger partial charge on any atom is -0.316 e. The molecule has 0 spiro atoms. The van der Waals surface area contributed by atoms with E-state index < -0.39 is 0 Å². The Morgan fingerprint density at radius 2 is 2.43 bits per heavy atom. The Labute approximate surface area is 48.9 Å². The van der Waals surface area contributed by atoms with Gasteiger partial charge >= 0.3 is 0 Å². The van der Waals surface area contributed by atoms with Crippen molar-refractivity contribution in [3.63, 3.8) is 0 Å². The van der Waals surface area contributed by atoms with Crippen LogP contribution in [0.5, 0.6) is 0 Å². The van der Waals surface area contributed by atoms with Gasteiger partial charge in [0.15, 0.2) is 0 Å². The molecule has 0 aromatic rings. The topological polar surface area (TPSA) is 4.36 Å². The molecule has 0 bridgehead atoms. The second-order valence-electron chi connectivity index (χ2n) is 1.08. The van der Waals surface area contributed by atoms with Gasteiger partial charge in [-0.25, -0.2) is 6.57 Å². The van der Waals surface area contributed by atoms with Gasteiger partial charge in [-0.3, -0.25) is 0 Å². The molecule has 0 amide bonds. The molecule has 0 heterocycles. The lowest BCUT2D eigenvalue weighted by atomic mass is 10.8. The van der Waals surface area contributed by atoms with Crippen molar-refractivity contribution in [2.45, 2.75) is 6.92 Å². The lowest BCUT2D eigenvalue weighted by Gasteiger charge is -1.83. The van der Waals surface area contributed by atoms with Crippen molar-refractivity contribution in [3.8, 4) is 0 Å². The van der Waals surface area contributed by atoms with Crippen LogP contribution in [0.4, 0.5) is 0 Å². The summed E-state index contributed by atoms with van der Waals surface area (Å²) in [5.41, 5.74) is 0. The summed E-state index contributed by atoms with van der Waals surface area (Å²) >= 11 is 1.82. The van der Waals surface area contributed by atoms with Gasteiger partial charge in [-0.05, 0) is 5.75 Å². The minimum atomic E-state index is 0.679. The van der Waals surface area contributed by atoms with Crippen LogP contribution < -0.4 is 0 Å². The summed E-state index contributed by atoms with van der Waals surface area (Å²) in [6, 6.07) is 0. The predicted octanol–water partition coefficient (Wildman–Crippen LogP) is 1.66. The Morgan fingerprint density at radius 3 is 2.86 bits per heavy atom. The average Bonchev–Trinajstić information content (AvgIpc) is 1.69. The highest BCUT2D eigenvalue weighted by molar-refractivity contribution is 7.99. The van der Waals surface area contributed by atoms with Gasteiger partial charge in [0.05, 0.1) is 5.75 Å². The van der Waals surface area contributed by atoms with E-state index in [2.05, 4.69) is 11.8 Å². The van der Waals surface area contributed by atoms with E-state index in [1.165, 1.54) is 0 Å². The van der Waals surface area contributed by atoms with E-state index in [9.17, 15) is 0 Å². The van der Waals surface area contributed by atoms with Crippen molar-refractivity contribution < 1.29 is 0 Å². The van der Waals surface area contributed by atoms with E-state index in [1.807, 2.05) is 11.8 Å². The Hall–Kier alpha value is -0.160. The third-order valence-corrected chi connectivity index (χ3v) is 1.43. The first kappa shape index (κ1) is 6.84. The quantitative estimate of drug-likeness (QED) is 0.400. The van der Waals surface area contributed by atoms with Crippen molar-refractivity contribution in [2.24, 2.45) is 0 Å². The normalized spacial score (nSPS) is 8.00. The van der Waals surface area contributed by atoms with E-state index in [1.54, 1.807) is 0 Å². The van der Waals surface area contributed by atoms with Crippen LogP contribution in [0.15, 0.2) is 0 Å². The monoisotopic (exact) mass is 115 g/mol. The zero-order valence-electron chi connectivity index (χ0n) is 4.48. The maximum atomic E-state index is 6.39. The Balaban J connectivity index is 2.60. The molecule has 0 unspecified atom stereocenters. The second kappa shape index (κ2) is 5.84. The zero-order chi connectivity index (χ0) is 5.54. The molecule has 0 aromatic carbocycles. The molecule has 0 rings (SSSR count). The summed E-state index contributed by atoms with van der Waals surface area (Å²) in [4.78, 5) is 3.20. The molecule has 2 heteroatoms. The first-order valence-corrected chi connectivity index (χ1v) is 3.48. The smallest absolute Gasteiger partial charge is 0.223 e. The van der Waals surface area contributed by atoms with Gasteiger partial charge in [-0.1, -0.05) is 6.92 Å². The predicted molar refractivity (Wildman–Crippen MR) is 34.5 cm³/mol. The lowest BCUT2D eigenvalue weighted by molar-refractivity contribution is 1.35. The van der Waals surface area contributed by atoms with E-state index in [4.69, 9.17) is 6.57 Å². The van der Waals surface area contributed by atoms with Crippen LogP contribution in [0.2, 0.25) is 0 Å². The molecule has 0 fully saturated rings. The summed E-state index contributed by atoms with van der Waals surface area (Å²) in [7, 11) is 0. The maximum Gasteiger partial charge on any atom is 0.223 e. The van der Waals surface area contributed by atoms with Crippen molar-refractivity contribution in [1.82, 2.24) is 0 Å². The summed E-state index contributed by atoms with van der Waals surface area (Å²) in [6.45, 7) is 9.18. The SMILES string of the molecule is [C-]#[N+]CCSCC. The van der Waals surface area contributed by atoms with Crippen LogP contribution in [-0.4, -0.2) is 18.1 Å². The summed E-state index contributed by atoms with van der Waals surface area (Å²) in [6.07, 6.45) is 0. The number of nitrogens with zero attached hydrogens (tertiary/aromatic N) is 1. The van der Waals surface area contributed by atoms with Crippen LogP contribution in [-0.2, 0) is 0 Å². The summed E-state index contributed by atoms with van der Waals surface area (Å²) in [5.74, 6) is 2.13. The highest BCUT2D eigenvalue weighted by atomic mass is 32.2. The van der Waals surface area contributed by atoms with E-state index >= 15 is 0 Å². The fraction of sp³-hybridized carbons (Fsp3) is 0.800. The Bertz CT molecular complexity index is 65.0. The summed E-state index contributed by atoms with van der Waals surface area (Å²) in [5, 5.41) is 0. The molecular weight excluding hydrogens is 106 g/mol. The lowest BCUT2D eigenvalue weighted by Crippen LogP contribution is -1.80. The Morgan fingerprint density at radius 1 is 1.71 bits per heavy atom. The molecule has 7 heavy (non-hydrogen) atoms. The van der Waals surface area contributed by atoms with Gasteiger partial charge in [0.25, 0.3) is 0 Å². The third kappa shape index (κ3) is 5.84. The summed E-state index contributed by atoms with van der Waals surface area (Å²) < 4.78 is 0. The van der Waals surface area contributed by atoms with E-state index in [-0.39, 0.29) is 0 Å². The average molecular weight is 115 g/mol. The molecule has 0 saturated carbocycles. The van der Waals surface area contributed by atoms with Gasteiger partial charge in [0.2, 0.25) is 6.54 Å². The molecule has 1 nitrogen and oxygen atoms in total. The standard InChI is InChI=1S/C5H9NS/c1-3-7-5-4-6-2/h3-5H2,1H3. The van der Waals surface area contributed by atoms with Gasteiger partial charge in [0, 0.05) is 0 Å². The molecule has 0 aliphatic heterocycles. The molecule has 0 radical (unpaired) electrons. The molecule has 0 aromatic heterocycles. The van der Waals surface area contributed by atoms with E-state index in [0.717, 1.165) is 11.5 Å². The van der Waals surface area contributed by atoms with Crippen LogP contribution in [0.3, 0.4) is 0 Å². The van der Waals surface area contributed by atoms with Crippen LogP contribution in [0.25, 0.3) is 4.85 Å². The largest absolute Gasteiger partial charge is 0.316 e. The molecule has 0 atom stereocenters. The van der Waals surface area contributed by atoms with E-state index in [0.29, 0.717) is 6.54 Å². The van der Waals surface area contributed by atoms with Crippen molar-refractivity contribution in [2.75, 3.05) is 18.1 Å². The Kier molecular flexibility index (Phi) is 5.71. The third-order valence-electron chi connectivity index (χ3n) is 0.552. The van der Waals surface area contributed by atoms with Crippen molar-refractivity contribution >= 4 is 11.8 Å². The molecule has 0 aliphatic rings. The van der Waals surface area contributed by atoms with Crippen LogP contribution in [0.1, 0.15) is 6.92 Å². The number of rotatable bonds is 3. The second-order valence-corrected chi connectivity index (χ2v) is 2.47. The number of thioether (sulfide) groups is 1. The van der Waals surface area contributed by atoms with Crippen molar-refractivity contribution in [3.05, 3.63) is 11.4 Å². The van der Waals surface area contributed by atoms with Crippen LogP contribution in [0, 0.1) is 6.57 Å².